The van der Waals surface area contributed by atoms with Gasteiger partial charge in [-0.1, -0.05) is 42.5 Å². The maximum absolute atomic E-state index is 11.4. The molecule has 0 spiro atoms. The van der Waals surface area contributed by atoms with Gasteiger partial charge in [0.1, 0.15) is 6.10 Å². The molecule has 1 aliphatic heterocycles. The van der Waals surface area contributed by atoms with Crippen LogP contribution in [-0.4, -0.2) is 47.7 Å². The largest absolute Gasteiger partial charge is 0.478 e. The Bertz CT molecular complexity index is 773. The fourth-order valence-corrected chi connectivity index (χ4v) is 2.99. The molecule has 6 nitrogen and oxygen atoms in total. The van der Waals surface area contributed by atoms with Crippen LogP contribution in [0.2, 0.25) is 0 Å². The monoisotopic (exact) mass is 340 g/mol. The lowest BCUT2D eigenvalue weighted by Gasteiger charge is -2.31. The van der Waals surface area contributed by atoms with Crippen molar-refractivity contribution < 1.29 is 19.4 Å². The Morgan fingerprint density at radius 1 is 1.16 bits per heavy atom. The molecule has 130 valence electrons. The minimum absolute atomic E-state index is 0.285. The van der Waals surface area contributed by atoms with E-state index < -0.39 is 18.0 Å². The van der Waals surface area contributed by atoms with Crippen molar-refractivity contribution in [3.63, 3.8) is 0 Å². The van der Waals surface area contributed by atoms with Gasteiger partial charge in [0.05, 0.1) is 12.2 Å². The second-order valence-electron chi connectivity index (χ2n) is 6.04. The van der Waals surface area contributed by atoms with Crippen LogP contribution >= 0.6 is 0 Å². The van der Waals surface area contributed by atoms with Crippen LogP contribution in [0.1, 0.15) is 15.9 Å². The van der Waals surface area contributed by atoms with Gasteiger partial charge in [-0.05, 0) is 22.8 Å². The van der Waals surface area contributed by atoms with Gasteiger partial charge >= 0.3 is 5.97 Å². The number of carboxylic acid groups (broad SMARTS) is 1. The molecule has 0 saturated carbocycles. The molecule has 6 heteroatoms. The van der Waals surface area contributed by atoms with E-state index in [0.717, 1.165) is 17.7 Å². The van der Waals surface area contributed by atoms with E-state index in [9.17, 15) is 14.7 Å². The Morgan fingerprint density at radius 2 is 1.88 bits per heavy atom. The lowest BCUT2D eigenvalue weighted by atomic mass is 9.98. The maximum Gasteiger partial charge on any atom is 0.336 e. The minimum atomic E-state index is -0.939. The number of morpholine rings is 1. The Kier molecular flexibility index (Phi) is 5.11. The van der Waals surface area contributed by atoms with Gasteiger partial charge in [0, 0.05) is 19.6 Å². The Labute approximate surface area is 145 Å². The molecule has 1 fully saturated rings. The summed E-state index contributed by atoms with van der Waals surface area (Å²) in [5.74, 6) is -1.38. The van der Waals surface area contributed by atoms with E-state index in [1.807, 2.05) is 30.3 Å². The summed E-state index contributed by atoms with van der Waals surface area (Å²) in [5.41, 5.74) is 8.23. The SMILES string of the molecule is NC(=O)[C@H]1CN(Cc2ccc(-c3ccccc3C(=O)O)cc2)CCO1. The normalized spacial score (nSPS) is 18.0. The molecule has 0 radical (unpaired) electrons. The van der Waals surface area contributed by atoms with E-state index in [1.165, 1.54) is 0 Å². The first-order chi connectivity index (χ1) is 12.0. The van der Waals surface area contributed by atoms with Gasteiger partial charge in [0.15, 0.2) is 0 Å². The molecule has 1 atom stereocenters. The van der Waals surface area contributed by atoms with Crippen molar-refractivity contribution in [2.75, 3.05) is 19.7 Å². The standard InChI is InChI=1S/C19H20N2O4/c20-18(22)17-12-21(9-10-25-17)11-13-5-7-14(8-6-13)15-3-1-2-4-16(15)19(23)24/h1-8,17H,9-12H2,(H2,20,22)(H,23,24)/t17-/m1/s1. The van der Waals surface area contributed by atoms with Gasteiger partial charge in [0.25, 0.3) is 0 Å². The number of nitrogens with zero attached hydrogens (tertiary/aromatic N) is 1. The van der Waals surface area contributed by atoms with E-state index in [-0.39, 0.29) is 5.56 Å². The third kappa shape index (κ3) is 4.04. The Morgan fingerprint density at radius 3 is 2.56 bits per heavy atom. The number of hydrogen-bond acceptors (Lipinski definition) is 4. The van der Waals surface area contributed by atoms with Crippen LogP contribution in [-0.2, 0) is 16.1 Å². The number of amides is 1. The van der Waals surface area contributed by atoms with Crippen LogP contribution in [0.3, 0.4) is 0 Å². The van der Waals surface area contributed by atoms with Crippen LogP contribution in [0, 0.1) is 0 Å². The first kappa shape index (κ1) is 17.1. The van der Waals surface area contributed by atoms with Gasteiger partial charge in [-0.3, -0.25) is 9.69 Å². The number of rotatable bonds is 5. The molecule has 0 bridgehead atoms. The minimum Gasteiger partial charge on any atom is -0.478 e. The molecule has 2 aromatic carbocycles. The van der Waals surface area contributed by atoms with Crippen molar-refractivity contribution in [3.05, 3.63) is 59.7 Å². The highest BCUT2D eigenvalue weighted by Crippen LogP contribution is 2.24. The number of carbonyl (C=O) groups excluding carboxylic acids is 1. The fraction of sp³-hybridized carbons (Fsp3) is 0.263. The summed E-state index contributed by atoms with van der Waals surface area (Å²) < 4.78 is 5.35. The van der Waals surface area contributed by atoms with Crippen LogP contribution < -0.4 is 5.73 Å². The number of ether oxygens (including phenoxy) is 1. The van der Waals surface area contributed by atoms with Crippen LogP contribution in [0.4, 0.5) is 0 Å². The zero-order valence-electron chi connectivity index (χ0n) is 13.7. The third-order valence-electron chi connectivity index (χ3n) is 4.30. The number of hydrogen-bond donors (Lipinski definition) is 2. The molecule has 0 unspecified atom stereocenters. The van der Waals surface area contributed by atoms with Gasteiger partial charge in [-0.25, -0.2) is 4.79 Å². The molecule has 1 saturated heterocycles. The maximum atomic E-state index is 11.4. The average Bonchev–Trinajstić information content (AvgIpc) is 2.62. The number of nitrogens with two attached hydrogens (primary N) is 1. The zero-order valence-corrected chi connectivity index (χ0v) is 13.7. The first-order valence-electron chi connectivity index (χ1n) is 8.09. The molecule has 1 amide bonds. The summed E-state index contributed by atoms with van der Waals surface area (Å²) in [6, 6.07) is 14.7. The highest BCUT2D eigenvalue weighted by Gasteiger charge is 2.24. The number of aromatic carboxylic acids is 1. The van der Waals surface area contributed by atoms with E-state index in [4.69, 9.17) is 10.5 Å². The van der Waals surface area contributed by atoms with Gasteiger partial charge in [0.2, 0.25) is 5.91 Å². The molecule has 3 N–H and O–H groups in total. The molecular formula is C19H20N2O4. The average molecular weight is 340 g/mol. The Balaban J connectivity index is 1.73. The second kappa shape index (κ2) is 7.46. The van der Waals surface area contributed by atoms with Crippen LogP contribution in [0.5, 0.6) is 0 Å². The van der Waals surface area contributed by atoms with Gasteiger partial charge in [-0.15, -0.1) is 0 Å². The molecule has 0 aromatic heterocycles. The first-order valence-corrected chi connectivity index (χ1v) is 8.09. The molecule has 25 heavy (non-hydrogen) atoms. The summed E-state index contributed by atoms with van der Waals surface area (Å²) in [5, 5.41) is 9.31. The van der Waals surface area contributed by atoms with Crippen molar-refractivity contribution in [1.29, 1.82) is 0 Å². The predicted octanol–water partition coefficient (Wildman–Crippen LogP) is 1.74. The summed E-state index contributed by atoms with van der Waals surface area (Å²) in [6.07, 6.45) is -0.560. The number of carbonyl (C=O) groups is 2. The smallest absolute Gasteiger partial charge is 0.336 e. The second-order valence-corrected chi connectivity index (χ2v) is 6.04. The fourth-order valence-electron chi connectivity index (χ4n) is 2.99. The summed E-state index contributed by atoms with van der Waals surface area (Å²) >= 11 is 0. The topological polar surface area (TPSA) is 92.9 Å². The number of carboxylic acids is 1. The molecular weight excluding hydrogens is 320 g/mol. The summed E-state index contributed by atoms with van der Waals surface area (Å²) in [7, 11) is 0. The van der Waals surface area contributed by atoms with Crippen molar-refractivity contribution in [3.8, 4) is 11.1 Å². The summed E-state index contributed by atoms with van der Waals surface area (Å²) in [4.78, 5) is 24.7. The van der Waals surface area contributed by atoms with Gasteiger partial charge < -0.3 is 15.6 Å². The van der Waals surface area contributed by atoms with Gasteiger partial charge in [-0.2, -0.15) is 0 Å². The van der Waals surface area contributed by atoms with Crippen LogP contribution in [0.15, 0.2) is 48.5 Å². The third-order valence-corrected chi connectivity index (χ3v) is 4.30. The Hall–Kier alpha value is -2.70. The van der Waals surface area contributed by atoms with Crippen molar-refractivity contribution in [2.45, 2.75) is 12.6 Å². The van der Waals surface area contributed by atoms with Crippen LogP contribution in [0.25, 0.3) is 11.1 Å². The number of primary amides is 1. The van der Waals surface area contributed by atoms with E-state index in [1.54, 1.807) is 18.2 Å². The van der Waals surface area contributed by atoms with Crippen molar-refractivity contribution in [2.24, 2.45) is 5.73 Å². The molecule has 1 heterocycles. The molecule has 3 rings (SSSR count). The lowest BCUT2D eigenvalue weighted by molar-refractivity contribution is -0.135. The molecule has 0 aliphatic carbocycles. The summed E-state index contributed by atoms with van der Waals surface area (Å²) in [6.45, 7) is 2.40. The van der Waals surface area contributed by atoms with E-state index in [2.05, 4.69) is 4.90 Å². The van der Waals surface area contributed by atoms with E-state index in [0.29, 0.717) is 25.3 Å². The highest BCUT2D eigenvalue weighted by atomic mass is 16.5. The molecule has 1 aliphatic rings. The van der Waals surface area contributed by atoms with Crippen molar-refractivity contribution >= 4 is 11.9 Å². The number of benzene rings is 2. The van der Waals surface area contributed by atoms with E-state index >= 15 is 0 Å². The predicted molar refractivity (Wildman–Crippen MR) is 93.0 cm³/mol. The molecule has 2 aromatic rings. The lowest BCUT2D eigenvalue weighted by Crippen LogP contribution is -2.47. The van der Waals surface area contributed by atoms with Crippen molar-refractivity contribution in [1.82, 2.24) is 4.90 Å². The highest BCUT2D eigenvalue weighted by molar-refractivity contribution is 5.95. The zero-order chi connectivity index (χ0) is 17.8. The quantitative estimate of drug-likeness (QED) is 0.865.